The highest BCUT2D eigenvalue weighted by Crippen LogP contribution is 2.33. The summed E-state index contributed by atoms with van der Waals surface area (Å²) in [5.74, 6) is -0.240. The van der Waals surface area contributed by atoms with Crippen LogP contribution in [0.4, 0.5) is 13.2 Å². The van der Waals surface area contributed by atoms with Crippen LogP contribution in [-0.4, -0.2) is 54.2 Å². The number of amidine groups is 1. The number of nitrogens with zero attached hydrogens (tertiary/aromatic N) is 3. The number of para-hydroxylation sites is 1. The molecule has 1 aliphatic carbocycles. The zero-order chi connectivity index (χ0) is 25.9. The lowest BCUT2D eigenvalue weighted by Crippen LogP contribution is -2.38. The number of rotatable bonds is 7. The van der Waals surface area contributed by atoms with Gasteiger partial charge in [-0.15, -0.1) is 0 Å². The molecule has 0 spiro atoms. The lowest BCUT2D eigenvalue weighted by molar-refractivity contribution is -0.141. The molecule has 2 aromatic rings. The van der Waals surface area contributed by atoms with E-state index in [1.807, 2.05) is 0 Å². The number of halogens is 4. The smallest absolute Gasteiger partial charge is 0.435 e. The minimum absolute atomic E-state index is 0.0442. The maximum atomic E-state index is 13.2. The minimum Gasteiger partial charge on any atom is -0.467 e. The SMILES string of the molecule is O=C(COc1cc(C(F)(F)F)nn1-c1ccccc1Cl)NC1C=CC(S(=O)(=O)NC2=NCCS2)=CC1. The summed E-state index contributed by atoms with van der Waals surface area (Å²) in [4.78, 5) is 16.5. The van der Waals surface area contributed by atoms with Gasteiger partial charge in [0.1, 0.15) is 0 Å². The summed E-state index contributed by atoms with van der Waals surface area (Å²) in [6.07, 6.45) is -0.224. The van der Waals surface area contributed by atoms with Crippen LogP contribution in [0.3, 0.4) is 0 Å². The Labute approximate surface area is 213 Å². The van der Waals surface area contributed by atoms with Crippen molar-refractivity contribution in [3.05, 3.63) is 64.2 Å². The van der Waals surface area contributed by atoms with E-state index < -0.39 is 40.4 Å². The van der Waals surface area contributed by atoms with Crippen molar-refractivity contribution in [1.29, 1.82) is 0 Å². The maximum Gasteiger partial charge on any atom is 0.435 e. The number of alkyl halides is 3. The standard InChI is InChI=1S/C21H19ClF3N5O4S2/c22-15-3-1-2-4-16(15)30-19(11-17(28-30)21(23,24)25)34-12-18(31)27-13-5-7-14(8-6-13)36(32,33)29-20-26-9-10-35-20/h1-5,7-8,11,13H,6,9-10,12H2,(H,26,29)(H,27,31). The van der Waals surface area contributed by atoms with E-state index in [-0.39, 0.29) is 27.9 Å². The van der Waals surface area contributed by atoms with E-state index in [0.29, 0.717) is 23.5 Å². The third-order valence-corrected chi connectivity index (χ3v) is 7.65. The molecule has 9 nitrogen and oxygen atoms in total. The summed E-state index contributed by atoms with van der Waals surface area (Å²) < 4.78 is 73.2. The van der Waals surface area contributed by atoms with Gasteiger partial charge in [-0.05, 0) is 24.6 Å². The van der Waals surface area contributed by atoms with Crippen molar-refractivity contribution >= 4 is 44.5 Å². The topological polar surface area (TPSA) is 115 Å². The van der Waals surface area contributed by atoms with Crippen molar-refractivity contribution in [3.8, 4) is 11.6 Å². The van der Waals surface area contributed by atoms with Gasteiger partial charge in [0.25, 0.3) is 15.9 Å². The molecule has 1 aromatic heterocycles. The summed E-state index contributed by atoms with van der Waals surface area (Å²) in [5, 5.41) is 6.63. The highest BCUT2D eigenvalue weighted by atomic mass is 35.5. The average molecular weight is 562 g/mol. The number of sulfonamides is 1. The fourth-order valence-electron chi connectivity index (χ4n) is 3.27. The predicted octanol–water partition coefficient (Wildman–Crippen LogP) is 3.27. The Kier molecular flexibility index (Phi) is 7.66. The molecular weight excluding hydrogens is 543 g/mol. The second-order valence-corrected chi connectivity index (χ2v) is 10.7. The van der Waals surface area contributed by atoms with Crippen LogP contribution in [0.5, 0.6) is 5.88 Å². The van der Waals surface area contributed by atoms with Crippen LogP contribution in [0.25, 0.3) is 5.69 Å². The number of aliphatic imine (C=N–C) groups is 1. The van der Waals surface area contributed by atoms with Gasteiger partial charge in [-0.2, -0.15) is 23.0 Å². The Bertz CT molecular complexity index is 1360. The third kappa shape index (κ3) is 6.23. The number of ether oxygens (including phenoxy) is 1. The Morgan fingerprint density at radius 2 is 2.08 bits per heavy atom. The molecule has 1 aliphatic heterocycles. The quantitative estimate of drug-likeness (QED) is 0.536. The van der Waals surface area contributed by atoms with Gasteiger partial charge in [0.15, 0.2) is 17.5 Å². The van der Waals surface area contributed by atoms with E-state index in [9.17, 15) is 26.4 Å². The molecule has 1 aromatic carbocycles. The first-order valence-corrected chi connectivity index (χ1v) is 13.3. The van der Waals surface area contributed by atoms with Crippen LogP contribution in [0.2, 0.25) is 5.02 Å². The number of aromatic nitrogens is 2. The highest BCUT2D eigenvalue weighted by Gasteiger charge is 2.36. The summed E-state index contributed by atoms with van der Waals surface area (Å²) in [7, 11) is -3.79. The lowest BCUT2D eigenvalue weighted by Gasteiger charge is -2.18. The van der Waals surface area contributed by atoms with Crippen molar-refractivity contribution in [2.45, 2.75) is 18.6 Å². The molecule has 0 fully saturated rings. The van der Waals surface area contributed by atoms with Crippen molar-refractivity contribution < 1.29 is 31.1 Å². The minimum atomic E-state index is -4.73. The predicted molar refractivity (Wildman–Crippen MR) is 130 cm³/mol. The Morgan fingerprint density at radius 1 is 1.31 bits per heavy atom. The average Bonchev–Trinajstić information content (AvgIpc) is 3.48. The zero-order valence-electron chi connectivity index (χ0n) is 18.3. The maximum absolute atomic E-state index is 13.2. The number of carbonyl (C=O) groups is 1. The van der Waals surface area contributed by atoms with Crippen molar-refractivity contribution in [1.82, 2.24) is 19.8 Å². The van der Waals surface area contributed by atoms with E-state index in [1.54, 1.807) is 12.1 Å². The molecule has 0 saturated heterocycles. The van der Waals surface area contributed by atoms with Gasteiger partial charge in [0.05, 0.1) is 28.2 Å². The molecule has 0 saturated carbocycles. The van der Waals surface area contributed by atoms with Crippen LogP contribution in [0.1, 0.15) is 12.1 Å². The lowest BCUT2D eigenvalue weighted by atomic mass is 10.1. The van der Waals surface area contributed by atoms with Crippen molar-refractivity contribution in [3.63, 3.8) is 0 Å². The number of nitrogens with one attached hydrogen (secondary N) is 2. The van der Waals surface area contributed by atoms with E-state index in [0.717, 1.165) is 4.68 Å². The van der Waals surface area contributed by atoms with E-state index >= 15 is 0 Å². The monoisotopic (exact) mass is 561 g/mol. The zero-order valence-corrected chi connectivity index (χ0v) is 20.7. The van der Waals surface area contributed by atoms with Crippen molar-refractivity contribution in [2.75, 3.05) is 18.9 Å². The van der Waals surface area contributed by atoms with Gasteiger partial charge >= 0.3 is 6.18 Å². The summed E-state index contributed by atoms with van der Waals surface area (Å²) >= 11 is 7.40. The summed E-state index contributed by atoms with van der Waals surface area (Å²) in [5.41, 5.74) is -1.06. The normalized spacial score (nSPS) is 17.9. The number of hydrogen-bond donors (Lipinski definition) is 2. The molecule has 1 atom stereocenters. The van der Waals surface area contributed by atoms with Crippen LogP contribution in [0, 0.1) is 0 Å². The number of thioether (sulfide) groups is 1. The summed E-state index contributed by atoms with van der Waals surface area (Å²) in [6, 6.07) is 6.26. The molecule has 2 N–H and O–H groups in total. The van der Waals surface area contributed by atoms with Gasteiger partial charge in [0.2, 0.25) is 5.88 Å². The molecule has 36 heavy (non-hydrogen) atoms. The molecule has 1 unspecified atom stereocenters. The van der Waals surface area contributed by atoms with Crippen LogP contribution < -0.4 is 14.8 Å². The van der Waals surface area contributed by atoms with Crippen LogP contribution >= 0.6 is 23.4 Å². The van der Waals surface area contributed by atoms with Gasteiger partial charge in [0, 0.05) is 11.8 Å². The molecule has 2 heterocycles. The number of carbonyl (C=O) groups excluding carboxylic acids is 1. The van der Waals surface area contributed by atoms with E-state index in [4.69, 9.17) is 16.3 Å². The number of allylic oxidation sites excluding steroid dienone is 1. The molecule has 4 rings (SSSR count). The van der Waals surface area contributed by atoms with Crippen LogP contribution in [0.15, 0.2) is 58.5 Å². The second-order valence-electron chi connectivity index (χ2n) is 7.53. The van der Waals surface area contributed by atoms with Gasteiger partial charge in [-0.1, -0.05) is 47.6 Å². The third-order valence-electron chi connectivity index (χ3n) is 4.93. The number of amides is 1. The van der Waals surface area contributed by atoms with Gasteiger partial charge in [-0.3, -0.25) is 14.5 Å². The Balaban J connectivity index is 1.38. The van der Waals surface area contributed by atoms with E-state index in [1.165, 1.54) is 42.1 Å². The Morgan fingerprint density at radius 3 is 2.72 bits per heavy atom. The highest BCUT2D eigenvalue weighted by molar-refractivity contribution is 8.15. The van der Waals surface area contributed by atoms with Gasteiger partial charge in [-0.25, -0.2) is 8.42 Å². The molecule has 2 aliphatic rings. The molecular formula is C21H19ClF3N5O4S2. The molecule has 0 radical (unpaired) electrons. The van der Waals surface area contributed by atoms with Crippen molar-refractivity contribution in [2.24, 2.45) is 4.99 Å². The molecule has 0 bridgehead atoms. The number of hydrogen-bond acceptors (Lipinski definition) is 7. The largest absolute Gasteiger partial charge is 0.467 e. The number of benzene rings is 1. The van der Waals surface area contributed by atoms with Crippen LogP contribution in [-0.2, 0) is 21.0 Å². The van der Waals surface area contributed by atoms with Gasteiger partial charge < -0.3 is 10.1 Å². The fourth-order valence-corrected chi connectivity index (χ4v) is 5.59. The molecule has 1 amide bonds. The first kappa shape index (κ1) is 26.1. The molecule has 15 heteroatoms. The fraction of sp³-hybridized carbons (Fsp3) is 0.286. The molecule has 192 valence electrons. The Hall–Kier alpha value is -2.97. The first-order chi connectivity index (χ1) is 17.0. The first-order valence-electron chi connectivity index (χ1n) is 10.5. The summed E-state index contributed by atoms with van der Waals surface area (Å²) in [6.45, 7) is -0.0600. The second kappa shape index (κ2) is 10.6. The van der Waals surface area contributed by atoms with E-state index in [2.05, 4.69) is 20.1 Å².